The van der Waals surface area contributed by atoms with Gasteiger partial charge in [-0.1, -0.05) is 12.1 Å². The summed E-state index contributed by atoms with van der Waals surface area (Å²) in [5, 5.41) is 6.58. The van der Waals surface area contributed by atoms with Gasteiger partial charge in [-0.2, -0.15) is 5.10 Å². The average Bonchev–Trinajstić information content (AvgIpc) is 3.21. The Hall–Kier alpha value is -3.23. The number of hydrazine groups is 1. The predicted molar refractivity (Wildman–Crippen MR) is 111 cm³/mol. The van der Waals surface area contributed by atoms with Gasteiger partial charge in [-0.15, -0.1) is 0 Å². The molecule has 3 aromatic rings. The molecule has 0 saturated carbocycles. The summed E-state index contributed by atoms with van der Waals surface area (Å²) in [6.45, 7) is 3.52. The monoisotopic (exact) mass is 410 g/mol. The molecule has 0 radical (unpaired) electrons. The number of aromatic nitrogens is 2. The van der Waals surface area contributed by atoms with E-state index in [0.29, 0.717) is 22.7 Å². The van der Waals surface area contributed by atoms with Crippen molar-refractivity contribution in [1.82, 2.24) is 20.2 Å². The van der Waals surface area contributed by atoms with Gasteiger partial charge in [-0.05, 0) is 36.4 Å². The Bertz CT molecular complexity index is 1030. The molecule has 8 heteroatoms. The highest BCUT2D eigenvalue weighted by Crippen LogP contribution is 2.27. The number of amides is 1. The van der Waals surface area contributed by atoms with Crippen molar-refractivity contribution in [3.63, 3.8) is 0 Å². The number of carbonyl (C=O) groups excluding carboxylic acids is 1. The molecule has 0 bridgehead atoms. The Morgan fingerprint density at radius 3 is 2.60 bits per heavy atom. The number of rotatable bonds is 5. The third-order valence-corrected chi connectivity index (χ3v) is 5.27. The maximum absolute atomic E-state index is 13.3. The zero-order chi connectivity index (χ0) is 21.1. The summed E-state index contributed by atoms with van der Waals surface area (Å²) in [5.74, 6) is 0.132. The summed E-state index contributed by atoms with van der Waals surface area (Å²) in [7, 11) is 3.74. The molecule has 2 heterocycles. The molecule has 1 fully saturated rings. The molecule has 4 rings (SSSR count). The first-order valence-electron chi connectivity index (χ1n) is 9.91. The topological polar surface area (TPSA) is 63.8 Å². The van der Waals surface area contributed by atoms with Crippen LogP contribution in [0.1, 0.15) is 10.4 Å². The van der Waals surface area contributed by atoms with Crippen LogP contribution in [0.2, 0.25) is 0 Å². The van der Waals surface area contributed by atoms with E-state index in [4.69, 9.17) is 4.74 Å². The van der Waals surface area contributed by atoms with Crippen molar-refractivity contribution in [2.24, 2.45) is 0 Å². The number of methoxy groups -OCH3 is 1. The summed E-state index contributed by atoms with van der Waals surface area (Å²) >= 11 is 0. The second kappa shape index (κ2) is 8.64. The van der Waals surface area contributed by atoms with E-state index < -0.39 is 0 Å². The molecule has 1 aliphatic heterocycles. The Labute approximate surface area is 174 Å². The molecular formula is C22H25FN5O2+. The highest BCUT2D eigenvalue weighted by molar-refractivity contribution is 5.99. The first-order valence-corrected chi connectivity index (χ1v) is 9.91. The Kier molecular flexibility index (Phi) is 5.78. The van der Waals surface area contributed by atoms with E-state index >= 15 is 0 Å². The van der Waals surface area contributed by atoms with Crippen LogP contribution in [-0.4, -0.2) is 61.0 Å². The van der Waals surface area contributed by atoms with Crippen molar-refractivity contribution in [3.8, 4) is 22.7 Å². The van der Waals surface area contributed by atoms with Crippen LogP contribution < -0.4 is 15.1 Å². The molecule has 0 atom stereocenters. The van der Waals surface area contributed by atoms with Crippen LogP contribution in [0.3, 0.4) is 0 Å². The van der Waals surface area contributed by atoms with E-state index in [1.807, 2.05) is 29.3 Å². The van der Waals surface area contributed by atoms with E-state index in [1.165, 1.54) is 17.0 Å². The lowest BCUT2D eigenvalue weighted by Gasteiger charge is -2.30. The van der Waals surface area contributed by atoms with Crippen LogP contribution in [-0.2, 0) is 0 Å². The number of halogens is 1. The van der Waals surface area contributed by atoms with E-state index in [1.54, 1.807) is 30.1 Å². The number of piperazine rings is 1. The first-order chi connectivity index (χ1) is 14.5. The molecule has 0 spiro atoms. The minimum atomic E-state index is -0.325. The molecule has 1 aromatic heterocycles. The molecular weight excluding hydrogens is 385 g/mol. The number of quaternary nitrogens is 1. The van der Waals surface area contributed by atoms with Gasteiger partial charge in [0.05, 0.1) is 51.6 Å². The number of hydrogen-bond acceptors (Lipinski definition) is 4. The van der Waals surface area contributed by atoms with Gasteiger partial charge < -0.3 is 9.64 Å². The van der Waals surface area contributed by atoms with E-state index in [0.717, 1.165) is 31.7 Å². The summed E-state index contributed by atoms with van der Waals surface area (Å²) in [6, 6.07) is 13.4. The standard InChI is InChI=1S/C22H24FN5O2/c1-26-10-12-27(13-11-26)25-22(29)20-15-28(18-8-6-17(23)7-9-18)24-21(20)16-4-3-5-19(14-16)30-2/h3-9,14-15H,10-13H2,1-2H3,(H,25,29)/p+1. The van der Waals surface area contributed by atoms with Gasteiger partial charge in [0.25, 0.3) is 5.91 Å². The Morgan fingerprint density at radius 1 is 1.17 bits per heavy atom. The Balaban J connectivity index is 1.69. The first kappa shape index (κ1) is 20.1. The van der Waals surface area contributed by atoms with Crippen molar-refractivity contribution in [1.29, 1.82) is 0 Å². The van der Waals surface area contributed by atoms with E-state index in [-0.39, 0.29) is 11.7 Å². The fourth-order valence-corrected chi connectivity index (χ4v) is 3.45. The molecule has 0 unspecified atom stereocenters. The lowest BCUT2D eigenvalue weighted by Crippen LogP contribution is -3.12. The molecule has 1 amide bonds. The fraction of sp³-hybridized carbons (Fsp3) is 0.273. The number of likely N-dealkylation sites (N-methyl/N-ethyl adjacent to an activating group) is 1. The van der Waals surface area contributed by atoms with Gasteiger partial charge >= 0.3 is 0 Å². The zero-order valence-electron chi connectivity index (χ0n) is 17.1. The molecule has 156 valence electrons. The van der Waals surface area contributed by atoms with Crippen LogP contribution in [0.25, 0.3) is 16.9 Å². The molecule has 0 aliphatic carbocycles. The van der Waals surface area contributed by atoms with Crippen molar-refractivity contribution < 1.29 is 18.8 Å². The SMILES string of the molecule is COc1cccc(-c2nn(-c3ccc(F)cc3)cc2C(=O)NN2CC[NH+](C)CC2)c1. The summed E-state index contributed by atoms with van der Waals surface area (Å²) in [5.41, 5.74) is 5.42. The number of hydrogen-bond donors (Lipinski definition) is 2. The lowest BCUT2D eigenvalue weighted by molar-refractivity contribution is -0.884. The third-order valence-electron chi connectivity index (χ3n) is 5.27. The largest absolute Gasteiger partial charge is 0.497 e. The quantitative estimate of drug-likeness (QED) is 0.663. The normalized spacial score (nSPS) is 15.2. The second-order valence-electron chi connectivity index (χ2n) is 7.43. The van der Waals surface area contributed by atoms with Crippen molar-refractivity contribution in [2.75, 3.05) is 40.3 Å². The van der Waals surface area contributed by atoms with Gasteiger partial charge in [0.1, 0.15) is 17.3 Å². The number of nitrogens with zero attached hydrogens (tertiary/aromatic N) is 3. The average molecular weight is 410 g/mol. The Morgan fingerprint density at radius 2 is 1.90 bits per heavy atom. The minimum Gasteiger partial charge on any atom is -0.497 e. The number of benzene rings is 2. The maximum Gasteiger partial charge on any atom is 0.269 e. The lowest BCUT2D eigenvalue weighted by atomic mass is 10.1. The molecule has 1 aliphatic rings. The summed E-state index contributed by atoms with van der Waals surface area (Å²) in [6.07, 6.45) is 1.68. The van der Waals surface area contributed by atoms with Crippen LogP contribution >= 0.6 is 0 Å². The molecule has 1 saturated heterocycles. The number of ether oxygens (including phenoxy) is 1. The minimum absolute atomic E-state index is 0.222. The van der Waals surface area contributed by atoms with Crippen LogP contribution in [0.15, 0.2) is 54.7 Å². The summed E-state index contributed by atoms with van der Waals surface area (Å²) < 4.78 is 20.3. The van der Waals surface area contributed by atoms with Gasteiger partial charge in [0, 0.05) is 11.8 Å². The smallest absolute Gasteiger partial charge is 0.269 e. The summed E-state index contributed by atoms with van der Waals surface area (Å²) in [4.78, 5) is 14.6. The highest BCUT2D eigenvalue weighted by Gasteiger charge is 2.23. The van der Waals surface area contributed by atoms with Gasteiger partial charge in [-0.25, -0.2) is 14.1 Å². The second-order valence-corrected chi connectivity index (χ2v) is 7.43. The molecule has 7 nitrogen and oxygen atoms in total. The molecule has 2 aromatic carbocycles. The van der Waals surface area contributed by atoms with E-state index in [2.05, 4.69) is 17.6 Å². The maximum atomic E-state index is 13.3. The van der Waals surface area contributed by atoms with Gasteiger partial charge in [0.15, 0.2) is 0 Å². The van der Waals surface area contributed by atoms with Crippen molar-refractivity contribution >= 4 is 5.91 Å². The number of nitrogens with one attached hydrogen (secondary N) is 2. The van der Waals surface area contributed by atoms with Gasteiger partial charge in [0.2, 0.25) is 0 Å². The fourth-order valence-electron chi connectivity index (χ4n) is 3.45. The molecule has 30 heavy (non-hydrogen) atoms. The van der Waals surface area contributed by atoms with Gasteiger partial charge in [-0.3, -0.25) is 10.2 Å². The predicted octanol–water partition coefficient (Wildman–Crippen LogP) is 1.16. The van der Waals surface area contributed by atoms with Crippen molar-refractivity contribution in [3.05, 3.63) is 66.1 Å². The van der Waals surface area contributed by atoms with Crippen LogP contribution in [0.4, 0.5) is 4.39 Å². The highest BCUT2D eigenvalue weighted by atomic mass is 19.1. The van der Waals surface area contributed by atoms with E-state index in [9.17, 15) is 9.18 Å². The number of carbonyl (C=O) groups is 1. The van der Waals surface area contributed by atoms with Crippen LogP contribution in [0, 0.1) is 5.82 Å². The third kappa shape index (κ3) is 4.34. The van der Waals surface area contributed by atoms with Crippen molar-refractivity contribution in [2.45, 2.75) is 0 Å². The molecule has 2 N–H and O–H groups in total. The van der Waals surface area contributed by atoms with Crippen LogP contribution in [0.5, 0.6) is 5.75 Å². The zero-order valence-corrected chi connectivity index (χ0v) is 17.1.